The van der Waals surface area contributed by atoms with E-state index in [1.54, 1.807) is 0 Å². The summed E-state index contributed by atoms with van der Waals surface area (Å²) < 4.78 is 11.1. The number of amides is 2. The molecule has 2 aromatic carbocycles. The highest BCUT2D eigenvalue weighted by atomic mass is 16.6. The molecule has 2 saturated carbocycles. The predicted molar refractivity (Wildman–Crippen MR) is 181 cm³/mol. The SMILES string of the molecule is CC(C)(C)OC(=O)C1CCC(C(=O)Nc2ccc(-c3nc4ccc(NC(=O)C5CCC(C(=O)OC(C)(C)C)CC5)cc4[nH]3)cc2)CC1. The number of hydrogen-bond donors (Lipinski definition) is 3. The fraction of sp³-hybridized carbons (Fsp3) is 0.541. The molecule has 2 aliphatic carbocycles. The number of H-pyrrole nitrogens is 1. The second-order valence-electron chi connectivity index (χ2n) is 15.0. The smallest absolute Gasteiger partial charge is 0.309 e. The van der Waals surface area contributed by atoms with Gasteiger partial charge in [0, 0.05) is 28.8 Å². The molecule has 0 bridgehead atoms. The van der Waals surface area contributed by atoms with Gasteiger partial charge in [0.15, 0.2) is 0 Å². The molecular weight excluding hydrogens is 596 g/mol. The Labute approximate surface area is 276 Å². The van der Waals surface area contributed by atoms with Crippen molar-refractivity contribution in [3.63, 3.8) is 0 Å². The van der Waals surface area contributed by atoms with Crippen LogP contribution in [0.25, 0.3) is 22.4 Å². The van der Waals surface area contributed by atoms with Crippen molar-refractivity contribution in [3.05, 3.63) is 42.5 Å². The van der Waals surface area contributed by atoms with Crippen molar-refractivity contribution in [1.29, 1.82) is 0 Å². The van der Waals surface area contributed by atoms with Gasteiger partial charge in [0.05, 0.1) is 22.9 Å². The third kappa shape index (κ3) is 9.20. The summed E-state index contributed by atoms with van der Waals surface area (Å²) in [6.07, 6.45) is 5.22. The summed E-state index contributed by atoms with van der Waals surface area (Å²) in [5.41, 5.74) is 2.81. The lowest BCUT2D eigenvalue weighted by Gasteiger charge is -2.29. The zero-order valence-corrected chi connectivity index (χ0v) is 28.4. The van der Waals surface area contributed by atoms with Crippen molar-refractivity contribution in [1.82, 2.24) is 9.97 Å². The second kappa shape index (κ2) is 13.9. The fourth-order valence-electron chi connectivity index (χ4n) is 6.38. The Hall–Kier alpha value is -4.21. The summed E-state index contributed by atoms with van der Waals surface area (Å²) in [7, 11) is 0. The number of benzene rings is 2. The highest BCUT2D eigenvalue weighted by Gasteiger charge is 2.34. The van der Waals surface area contributed by atoms with Crippen LogP contribution in [0.3, 0.4) is 0 Å². The standard InChI is InChI=1S/C37H48N4O6/c1-36(2,3)46-34(44)25-11-7-23(8-12-25)32(42)38-27-17-15-22(16-18-27)31-40-29-20-19-28(21-30(29)41-31)39-33(43)24-9-13-26(14-10-24)35(45)47-37(4,5)6/h15-21,23-26H,7-14H2,1-6H3,(H,38,42)(H,39,43)(H,40,41). The van der Waals surface area contributed by atoms with Crippen molar-refractivity contribution in [3.8, 4) is 11.4 Å². The first-order valence-electron chi connectivity index (χ1n) is 16.8. The van der Waals surface area contributed by atoms with Crippen LogP contribution >= 0.6 is 0 Å². The van der Waals surface area contributed by atoms with Crippen molar-refractivity contribution >= 4 is 46.2 Å². The summed E-state index contributed by atoms with van der Waals surface area (Å²) in [6.45, 7) is 11.2. The predicted octanol–water partition coefficient (Wildman–Crippen LogP) is 7.40. The molecule has 0 saturated heterocycles. The third-order valence-corrected chi connectivity index (χ3v) is 8.85. The normalized spacial score (nSPS) is 21.9. The number of esters is 2. The monoisotopic (exact) mass is 644 g/mol. The molecule has 10 heteroatoms. The first-order chi connectivity index (χ1) is 22.1. The number of imidazole rings is 1. The van der Waals surface area contributed by atoms with E-state index in [9.17, 15) is 19.2 Å². The van der Waals surface area contributed by atoms with E-state index in [0.717, 1.165) is 16.6 Å². The van der Waals surface area contributed by atoms with Crippen LogP contribution < -0.4 is 10.6 Å². The number of rotatable bonds is 7. The first kappa shape index (κ1) is 34.1. The molecule has 47 heavy (non-hydrogen) atoms. The summed E-state index contributed by atoms with van der Waals surface area (Å²) in [4.78, 5) is 58.9. The van der Waals surface area contributed by atoms with Gasteiger partial charge in [-0.25, -0.2) is 4.98 Å². The Morgan fingerprint density at radius 2 is 1.06 bits per heavy atom. The van der Waals surface area contributed by atoms with Gasteiger partial charge >= 0.3 is 11.9 Å². The molecule has 0 aliphatic heterocycles. The fourth-order valence-corrected chi connectivity index (χ4v) is 6.38. The number of fused-ring (bicyclic) bond motifs is 1. The third-order valence-electron chi connectivity index (χ3n) is 8.85. The number of nitrogens with zero attached hydrogens (tertiary/aromatic N) is 1. The van der Waals surface area contributed by atoms with Gasteiger partial charge in [0.2, 0.25) is 11.8 Å². The number of nitrogens with one attached hydrogen (secondary N) is 3. The van der Waals surface area contributed by atoms with E-state index >= 15 is 0 Å². The number of anilines is 2. The van der Waals surface area contributed by atoms with E-state index in [4.69, 9.17) is 14.5 Å². The average molecular weight is 645 g/mol. The summed E-state index contributed by atoms with van der Waals surface area (Å²) in [5, 5.41) is 6.06. The van der Waals surface area contributed by atoms with Gasteiger partial charge in [-0.3, -0.25) is 19.2 Å². The molecule has 2 amide bonds. The Morgan fingerprint density at radius 1 is 0.638 bits per heavy atom. The van der Waals surface area contributed by atoms with E-state index in [-0.39, 0.29) is 47.4 Å². The van der Waals surface area contributed by atoms with Crippen molar-refractivity contribution in [2.45, 2.75) is 104 Å². The van der Waals surface area contributed by atoms with Crippen molar-refractivity contribution in [2.75, 3.05) is 10.6 Å². The summed E-state index contributed by atoms with van der Waals surface area (Å²) in [5.74, 6) is -0.316. The minimum atomic E-state index is -0.509. The van der Waals surface area contributed by atoms with Gasteiger partial charge < -0.3 is 25.1 Å². The van der Waals surface area contributed by atoms with E-state index in [2.05, 4.69) is 15.6 Å². The van der Waals surface area contributed by atoms with E-state index < -0.39 is 11.2 Å². The van der Waals surface area contributed by atoms with Crippen LogP contribution in [0.2, 0.25) is 0 Å². The maximum Gasteiger partial charge on any atom is 0.309 e. The lowest BCUT2D eigenvalue weighted by atomic mass is 9.81. The minimum Gasteiger partial charge on any atom is -0.460 e. The first-order valence-corrected chi connectivity index (χ1v) is 16.8. The van der Waals surface area contributed by atoms with Crippen molar-refractivity contribution in [2.24, 2.45) is 23.7 Å². The van der Waals surface area contributed by atoms with Gasteiger partial charge in [0.1, 0.15) is 17.0 Å². The van der Waals surface area contributed by atoms with Crippen molar-refractivity contribution < 1.29 is 28.7 Å². The molecule has 3 aromatic rings. The number of aromatic amines is 1. The maximum atomic E-state index is 13.0. The van der Waals surface area contributed by atoms with Crippen LogP contribution in [0.1, 0.15) is 92.9 Å². The van der Waals surface area contributed by atoms with E-state index in [1.807, 2.05) is 84.0 Å². The highest BCUT2D eigenvalue weighted by Crippen LogP contribution is 2.33. The average Bonchev–Trinajstić information content (AvgIpc) is 3.43. The van der Waals surface area contributed by atoms with Crippen LogP contribution in [0.4, 0.5) is 11.4 Å². The molecule has 252 valence electrons. The van der Waals surface area contributed by atoms with Gasteiger partial charge in [-0.1, -0.05) is 0 Å². The molecule has 3 N–H and O–H groups in total. The molecule has 10 nitrogen and oxygen atoms in total. The molecular formula is C37H48N4O6. The molecule has 2 aliphatic rings. The van der Waals surface area contributed by atoms with Crippen LogP contribution in [-0.2, 0) is 28.7 Å². The second-order valence-corrected chi connectivity index (χ2v) is 15.0. The Kier molecular flexibility index (Phi) is 10.1. The van der Waals surface area contributed by atoms with Gasteiger partial charge in [-0.15, -0.1) is 0 Å². The Morgan fingerprint density at radius 3 is 1.53 bits per heavy atom. The topological polar surface area (TPSA) is 139 Å². The largest absolute Gasteiger partial charge is 0.460 e. The quantitative estimate of drug-likeness (QED) is 0.228. The highest BCUT2D eigenvalue weighted by molar-refractivity contribution is 5.95. The number of hydrogen-bond acceptors (Lipinski definition) is 7. The molecule has 0 spiro atoms. The summed E-state index contributed by atoms with van der Waals surface area (Å²) in [6, 6.07) is 13.1. The van der Waals surface area contributed by atoms with Crippen LogP contribution in [0.5, 0.6) is 0 Å². The zero-order valence-electron chi connectivity index (χ0n) is 28.4. The van der Waals surface area contributed by atoms with Gasteiger partial charge in [0.25, 0.3) is 0 Å². The van der Waals surface area contributed by atoms with E-state index in [0.29, 0.717) is 68.6 Å². The number of carbonyl (C=O) groups is 4. The molecule has 1 heterocycles. The minimum absolute atomic E-state index is 0.0326. The van der Waals surface area contributed by atoms with Crippen LogP contribution in [-0.4, -0.2) is 44.9 Å². The molecule has 5 rings (SSSR count). The van der Waals surface area contributed by atoms with Gasteiger partial charge in [-0.2, -0.15) is 0 Å². The lowest BCUT2D eigenvalue weighted by Crippen LogP contribution is -2.33. The molecule has 1 aromatic heterocycles. The number of aromatic nitrogens is 2. The summed E-state index contributed by atoms with van der Waals surface area (Å²) >= 11 is 0. The Bertz CT molecular complexity index is 1600. The molecule has 0 atom stereocenters. The lowest BCUT2D eigenvalue weighted by molar-refractivity contribution is -0.162. The molecule has 2 fully saturated rings. The molecule has 0 radical (unpaired) electrons. The molecule has 0 unspecified atom stereocenters. The number of ether oxygens (including phenoxy) is 2. The zero-order chi connectivity index (χ0) is 33.9. The van der Waals surface area contributed by atoms with Crippen LogP contribution in [0, 0.1) is 23.7 Å². The van der Waals surface area contributed by atoms with Gasteiger partial charge in [-0.05, 0) is 135 Å². The number of carbonyl (C=O) groups excluding carboxylic acids is 4. The van der Waals surface area contributed by atoms with E-state index in [1.165, 1.54) is 0 Å². The Balaban J connectivity index is 1.12. The maximum absolute atomic E-state index is 13.0. The van der Waals surface area contributed by atoms with Crippen LogP contribution in [0.15, 0.2) is 42.5 Å².